The number of anilines is 1. The van der Waals surface area contributed by atoms with E-state index in [9.17, 15) is 9.59 Å². The predicted molar refractivity (Wildman–Crippen MR) is 106 cm³/mol. The molecule has 3 rings (SSSR count). The van der Waals surface area contributed by atoms with Crippen LogP contribution in [-0.4, -0.2) is 22.7 Å². The lowest BCUT2D eigenvalue weighted by Crippen LogP contribution is -2.35. The van der Waals surface area contributed by atoms with Gasteiger partial charge >= 0.3 is 6.03 Å². The van der Waals surface area contributed by atoms with Crippen LogP contribution in [0.5, 0.6) is 5.75 Å². The highest BCUT2D eigenvalue weighted by Gasteiger charge is 2.17. The molecule has 0 fully saturated rings. The SMILES string of the molecule is COc1ccccc1NC(=O)N[C@H](C)c1nc2cc(Cl)ccc2c(=O)n1C. The molecule has 3 aromatic rings. The molecular weight excluding hydrogens is 368 g/mol. The average Bonchev–Trinajstić information content (AvgIpc) is 2.64. The Balaban J connectivity index is 1.85. The van der Waals surface area contributed by atoms with Crippen LogP contribution in [0.1, 0.15) is 18.8 Å². The Morgan fingerprint density at radius 3 is 2.74 bits per heavy atom. The van der Waals surface area contributed by atoms with E-state index in [1.54, 1.807) is 50.4 Å². The van der Waals surface area contributed by atoms with Crippen molar-refractivity contribution in [3.05, 3.63) is 63.7 Å². The molecule has 0 spiro atoms. The van der Waals surface area contributed by atoms with Crippen molar-refractivity contribution in [2.24, 2.45) is 7.05 Å². The van der Waals surface area contributed by atoms with Crippen LogP contribution in [0.3, 0.4) is 0 Å². The van der Waals surface area contributed by atoms with E-state index in [1.165, 1.54) is 11.7 Å². The number of nitrogens with one attached hydrogen (secondary N) is 2. The molecule has 2 amide bonds. The van der Waals surface area contributed by atoms with E-state index < -0.39 is 12.1 Å². The third kappa shape index (κ3) is 3.88. The Labute approximate surface area is 160 Å². The molecule has 1 aromatic heterocycles. The largest absolute Gasteiger partial charge is 0.495 e. The minimum absolute atomic E-state index is 0.203. The van der Waals surface area contributed by atoms with Crippen molar-refractivity contribution in [3.8, 4) is 5.75 Å². The van der Waals surface area contributed by atoms with Gasteiger partial charge in [0.2, 0.25) is 0 Å². The Morgan fingerprint density at radius 2 is 2.00 bits per heavy atom. The van der Waals surface area contributed by atoms with Crippen molar-refractivity contribution in [1.29, 1.82) is 0 Å². The van der Waals surface area contributed by atoms with Crippen molar-refractivity contribution in [2.45, 2.75) is 13.0 Å². The second-order valence-corrected chi connectivity index (χ2v) is 6.45. The number of carbonyl (C=O) groups excluding carboxylic acids is 1. The number of methoxy groups -OCH3 is 1. The maximum Gasteiger partial charge on any atom is 0.319 e. The number of ether oxygens (including phenoxy) is 1. The first-order valence-electron chi connectivity index (χ1n) is 8.27. The number of hydrogen-bond donors (Lipinski definition) is 2. The molecule has 1 atom stereocenters. The van der Waals surface area contributed by atoms with Gasteiger partial charge < -0.3 is 15.4 Å². The van der Waals surface area contributed by atoms with E-state index in [-0.39, 0.29) is 5.56 Å². The monoisotopic (exact) mass is 386 g/mol. The number of amides is 2. The van der Waals surface area contributed by atoms with Crippen LogP contribution in [0.4, 0.5) is 10.5 Å². The van der Waals surface area contributed by atoms with E-state index in [4.69, 9.17) is 16.3 Å². The van der Waals surface area contributed by atoms with Gasteiger partial charge in [-0.25, -0.2) is 9.78 Å². The molecule has 27 heavy (non-hydrogen) atoms. The van der Waals surface area contributed by atoms with Crippen LogP contribution < -0.4 is 20.9 Å². The lowest BCUT2D eigenvalue weighted by Gasteiger charge is -2.18. The Kier molecular flexibility index (Phi) is 5.32. The first kappa shape index (κ1) is 18.7. The van der Waals surface area contributed by atoms with Crippen molar-refractivity contribution < 1.29 is 9.53 Å². The van der Waals surface area contributed by atoms with Gasteiger partial charge in [-0.05, 0) is 37.3 Å². The van der Waals surface area contributed by atoms with Gasteiger partial charge in [-0.15, -0.1) is 0 Å². The summed E-state index contributed by atoms with van der Waals surface area (Å²) in [6, 6.07) is 11.0. The molecular formula is C19H19ClN4O3. The number of halogens is 1. The van der Waals surface area contributed by atoms with Gasteiger partial charge in [0.25, 0.3) is 5.56 Å². The third-order valence-corrected chi connectivity index (χ3v) is 4.40. The summed E-state index contributed by atoms with van der Waals surface area (Å²) in [5, 5.41) is 6.47. The lowest BCUT2D eigenvalue weighted by atomic mass is 10.2. The van der Waals surface area contributed by atoms with Gasteiger partial charge in [0, 0.05) is 12.1 Å². The summed E-state index contributed by atoms with van der Waals surface area (Å²) in [5.41, 5.74) is 0.821. The lowest BCUT2D eigenvalue weighted by molar-refractivity contribution is 0.248. The molecule has 0 aliphatic rings. The molecule has 0 radical (unpaired) electrons. The standard InChI is InChI=1S/C19H19ClN4O3/c1-11(21-19(26)23-14-6-4-5-7-16(14)27-3)17-22-15-10-12(20)8-9-13(15)18(25)24(17)2/h4-11H,1-3H3,(H2,21,23,26)/t11-/m1/s1. The van der Waals surface area contributed by atoms with Gasteiger partial charge in [-0.2, -0.15) is 0 Å². The molecule has 140 valence electrons. The summed E-state index contributed by atoms with van der Waals surface area (Å²) >= 11 is 6.01. The maximum atomic E-state index is 12.6. The molecule has 2 aromatic carbocycles. The molecule has 0 unspecified atom stereocenters. The number of nitrogens with zero attached hydrogens (tertiary/aromatic N) is 2. The number of benzene rings is 2. The summed E-state index contributed by atoms with van der Waals surface area (Å²) < 4.78 is 6.64. The Bertz CT molecular complexity index is 1060. The molecule has 1 heterocycles. The third-order valence-electron chi connectivity index (χ3n) is 4.16. The Hall–Kier alpha value is -3.06. The summed E-state index contributed by atoms with van der Waals surface area (Å²) in [5.74, 6) is 0.969. The van der Waals surface area contributed by atoms with Crippen molar-refractivity contribution in [2.75, 3.05) is 12.4 Å². The van der Waals surface area contributed by atoms with E-state index in [0.29, 0.717) is 33.2 Å². The normalized spacial score (nSPS) is 11.9. The van der Waals surface area contributed by atoms with Crippen LogP contribution in [0.25, 0.3) is 10.9 Å². The second kappa shape index (κ2) is 7.67. The van der Waals surface area contributed by atoms with Gasteiger partial charge in [0.15, 0.2) is 0 Å². The minimum Gasteiger partial charge on any atom is -0.495 e. The van der Waals surface area contributed by atoms with Crippen LogP contribution in [0.2, 0.25) is 5.02 Å². The average molecular weight is 387 g/mol. The van der Waals surface area contributed by atoms with Gasteiger partial charge in [0.1, 0.15) is 11.6 Å². The zero-order valence-electron chi connectivity index (χ0n) is 15.1. The highest BCUT2D eigenvalue weighted by molar-refractivity contribution is 6.31. The topological polar surface area (TPSA) is 85.2 Å². The number of hydrogen-bond acceptors (Lipinski definition) is 4. The van der Waals surface area contributed by atoms with Crippen LogP contribution >= 0.6 is 11.6 Å². The summed E-state index contributed by atoms with van der Waals surface area (Å²) in [6.45, 7) is 1.75. The molecule has 8 heteroatoms. The number of aromatic nitrogens is 2. The molecule has 0 bridgehead atoms. The van der Waals surface area contributed by atoms with Crippen molar-refractivity contribution in [3.63, 3.8) is 0 Å². The fraction of sp³-hybridized carbons (Fsp3) is 0.211. The first-order valence-corrected chi connectivity index (χ1v) is 8.65. The van der Waals surface area contributed by atoms with Gasteiger partial charge in [-0.1, -0.05) is 23.7 Å². The summed E-state index contributed by atoms with van der Waals surface area (Å²) in [6.07, 6.45) is 0. The molecule has 0 saturated carbocycles. The smallest absolute Gasteiger partial charge is 0.319 e. The summed E-state index contributed by atoms with van der Waals surface area (Å²) in [4.78, 5) is 29.4. The molecule has 0 aliphatic carbocycles. The second-order valence-electron chi connectivity index (χ2n) is 6.02. The van der Waals surface area contributed by atoms with Crippen LogP contribution in [0, 0.1) is 0 Å². The number of fused-ring (bicyclic) bond motifs is 1. The summed E-state index contributed by atoms with van der Waals surface area (Å²) in [7, 11) is 3.15. The van der Waals surface area contributed by atoms with E-state index >= 15 is 0 Å². The number of rotatable bonds is 4. The van der Waals surface area contributed by atoms with Crippen LogP contribution in [0.15, 0.2) is 47.3 Å². The van der Waals surface area contributed by atoms with E-state index in [2.05, 4.69) is 15.6 Å². The molecule has 7 nitrogen and oxygen atoms in total. The first-order chi connectivity index (χ1) is 12.9. The van der Waals surface area contributed by atoms with Crippen molar-refractivity contribution >= 4 is 34.2 Å². The van der Waals surface area contributed by atoms with Gasteiger partial charge in [-0.3, -0.25) is 9.36 Å². The van der Waals surface area contributed by atoms with Crippen molar-refractivity contribution in [1.82, 2.24) is 14.9 Å². The zero-order valence-corrected chi connectivity index (χ0v) is 15.9. The minimum atomic E-state index is -0.513. The van der Waals surface area contributed by atoms with Gasteiger partial charge in [0.05, 0.1) is 29.7 Å². The fourth-order valence-corrected chi connectivity index (χ4v) is 2.98. The number of para-hydroxylation sites is 2. The maximum absolute atomic E-state index is 12.6. The molecule has 0 saturated heterocycles. The number of carbonyl (C=O) groups is 1. The quantitative estimate of drug-likeness (QED) is 0.718. The highest BCUT2D eigenvalue weighted by atomic mass is 35.5. The van der Waals surface area contributed by atoms with E-state index in [1.807, 2.05) is 6.07 Å². The van der Waals surface area contributed by atoms with E-state index in [0.717, 1.165) is 0 Å². The predicted octanol–water partition coefficient (Wildman–Crippen LogP) is 3.48. The molecule has 2 N–H and O–H groups in total. The fourth-order valence-electron chi connectivity index (χ4n) is 2.82. The molecule has 0 aliphatic heterocycles. The zero-order chi connectivity index (χ0) is 19.6. The number of urea groups is 1. The highest BCUT2D eigenvalue weighted by Crippen LogP contribution is 2.23. The Morgan fingerprint density at radius 1 is 1.26 bits per heavy atom. The van der Waals surface area contributed by atoms with Crippen LogP contribution in [-0.2, 0) is 7.05 Å².